The van der Waals surface area contributed by atoms with Gasteiger partial charge in [-0.1, -0.05) is 18.2 Å². The Bertz CT molecular complexity index is 375. The van der Waals surface area contributed by atoms with Crippen molar-refractivity contribution < 1.29 is 9.90 Å². The number of nitrogens with two attached hydrogens (primary N) is 1. The van der Waals surface area contributed by atoms with Crippen molar-refractivity contribution in [3.63, 3.8) is 0 Å². The molecule has 4 heteroatoms. The molecule has 0 saturated carbocycles. The molecule has 0 aliphatic carbocycles. The van der Waals surface area contributed by atoms with Crippen molar-refractivity contribution in [3.05, 3.63) is 29.8 Å². The number of phenolic OH excluding ortho intramolecular Hbond substituents is 1. The van der Waals surface area contributed by atoms with Crippen LogP contribution in [0.15, 0.2) is 24.3 Å². The van der Waals surface area contributed by atoms with Gasteiger partial charge in [0.25, 0.3) is 0 Å². The zero-order valence-corrected chi connectivity index (χ0v) is 9.66. The lowest BCUT2D eigenvalue weighted by atomic mass is 10.00. The Morgan fingerprint density at radius 3 is 2.62 bits per heavy atom. The van der Waals surface area contributed by atoms with Gasteiger partial charge in [-0.25, -0.2) is 0 Å². The summed E-state index contributed by atoms with van der Waals surface area (Å²) in [5, 5.41) is 12.7. The van der Waals surface area contributed by atoms with Crippen LogP contribution in [0.2, 0.25) is 0 Å². The fraction of sp³-hybridized carbons (Fsp3) is 0.417. The summed E-state index contributed by atoms with van der Waals surface area (Å²) >= 11 is 0. The van der Waals surface area contributed by atoms with Gasteiger partial charge < -0.3 is 16.2 Å². The van der Waals surface area contributed by atoms with E-state index in [2.05, 4.69) is 5.32 Å². The van der Waals surface area contributed by atoms with Gasteiger partial charge in [0.15, 0.2) is 0 Å². The summed E-state index contributed by atoms with van der Waals surface area (Å²) in [5.41, 5.74) is 5.59. The second-order valence-corrected chi connectivity index (χ2v) is 4.51. The van der Waals surface area contributed by atoms with Crippen LogP contribution in [0.3, 0.4) is 0 Å². The minimum Gasteiger partial charge on any atom is -0.508 e. The van der Waals surface area contributed by atoms with E-state index in [0.717, 1.165) is 5.56 Å². The van der Waals surface area contributed by atoms with Gasteiger partial charge >= 0.3 is 0 Å². The predicted molar refractivity (Wildman–Crippen MR) is 62.8 cm³/mol. The van der Waals surface area contributed by atoms with Crippen molar-refractivity contribution in [2.45, 2.75) is 32.4 Å². The highest BCUT2D eigenvalue weighted by molar-refractivity contribution is 5.75. The number of primary amides is 1. The quantitative estimate of drug-likeness (QED) is 0.699. The topological polar surface area (TPSA) is 75.4 Å². The Labute approximate surface area is 95.5 Å². The first-order valence-corrected chi connectivity index (χ1v) is 5.21. The number of rotatable bonds is 5. The standard InChI is InChI=1S/C12H18N2O2/c1-12(2,7-11(13)16)14-8-9-5-3-4-6-10(9)15/h3-6,14-15H,7-8H2,1-2H3,(H2,13,16). The first kappa shape index (κ1) is 12.5. The van der Waals surface area contributed by atoms with Gasteiger partial charge in [-0.05, 0) is 19.9 Å². The molecule has 1 amide bonds. The van der Waals surface area contributed by atoms with Crippen LogP contribution in [0.4, 0.5) is 0 Å². The number of hydrogen-bond donors (Lipinski definition) is 3. The maximum Gasteiger partial charge on any atom is 0.219 e. The fourth-order valence-corrected chi connectivity index (χ4v) is 1.49. The molecule has 16 heavy (non-hydrogen) atoms. The Morgan fingerprint density at radius 2 is 2.06 bits per heavy atom. The number of carbonyl (C=O) groups is 1. The number of benzene rings is 1. The van der Waals surface area contributed by atoms with Gasteiger partial charge in [-0.15, -0.1) is 0 Å². The van der Waals surface area contributed by atoms with Crippen molar-refractivity contribution in [2.24, 2.45) is 5.73 Å². The molecule has 0 aromatic heterocycles. The minimum absolute atomic E-state index is 0.255. The van der Waals surface area contributed by atoms with E-state index in [1.165, 1.54) is 0 Å². The third-order valence-corrected chi connectivity index (χ3v) is 2.37. The van der Waals surface area contributed by atoms with E-state index < -0.39 is 0 Å². The van der Waals surface area contributed by atoms with Crippen LogP contribution in [-0.4, -0.2) is 16.6 Å². The zero-order valence-electron chi connectivity index (χ0n) is 9.66. The van der Waals surface area contributed by atoms with Crippen LogP contribution < -0.4 is 11.1 Å². The number of nitrogens with one attached hydrogen (secondary N) is 1. The highest BCUT2D eigenvalue weighted by Crippen LogP contribution is 2.17. The van der Waals surface area contributed by atoms with Crippen molar-refractivity contribution in [2.75, 3.05) is 0 Å². The summed E-state index contributed by atoms with van der Waals surface area (Å²) in [7, 11) is 0. The number of phenols is 1. The first-order chi connectivity index (χ1) is 7.41. The van der Waals surface area contributed by atoms with E-state index in [-0.39, 0.29) is 23.6 Å². The number of hydrogen-bond acceptors (Lipinski definition) is 3. The van der Waals surface area contributed by atoms with Crippen LogP contribution >= 0.6 is 0 Å². The molecule has 88 valence electrons. The Hall–Kier alpha value is -1.55. The molecule has 0 atom stereocenters. The second-order valence-electron chi connectivity index (χ2n) is 4.51. The molecule has 0 fully saturated rings. The molecule has 0 bridgehead atoms. The van der Waals surface area contributed by atoms with Crippen molar-refractivity contribution in [1.82, 2.24) is 5.32 Å². The average Bonchev–Trinajstić information content (AvgIpc) is 2.14. The lowest BCUT2D eigenvalue weighted by Crippen LogP contribution is -2.42. The molecule has 0 unspecified atom stereocenters. The van der Waals surface area contributed by atoms with Crippen molar-refractivity contribution in [3.8, 4) is 5.75 Å². The third-order valence-electron chi connectivity index (χ3n) is 2.37. The minimum atomic E-state index is -0.367. The number of aromatic hydroxyl groups is 1. The highest BCUT2D eigenvalue weighted by atomic mass is 16.3. The summed E-state index contributed by atoms with van der Waals surface area (Å²) in [6.45, 7) is 4.31. The van der Waals surface area contributed by atoms with E-state index in [0.29, 0.717) is 6.54 Å². The van der Waals surface area contributed by atoms with Crippen LogP contribution in [0.5, 0.6) is 5.75 Å². The molecule has 1 aromatic carbocycles. The fourth-order valence-electron chi connectivity index (χ4n) is 1.49. The van der Waals surface area contributed by atoms with E-state index in [4.69, 9.17) is 5.73 Å². The maximum atomic E-state index is 10.8. The van der Waals surface area contributed by atoms with Gasteiger partial charge in [0.05, 0.1) is 0 Å². The second kappa shape index (κ2) is 4.99. The van der Waals surface area contributed by atoms with Gasteiger partial charge in [0, 0.05) is 24.1 Å². The molecule has 1 rings (SSSR count). The SMILES string of the molecule is CC(C)(CC(N)=O)NCc1ccccc1O. The normalized spacial score (nSPS) is 11.4. The van der Waals surface area contributed by atoms with Gasteiger partial charge in [0.1, 0.15) is 5.75 Å². The Kier molecular flexibility index (Phi) is 3.90. The molecule has 1 aromatic rings. The number of amides is 1. The molecule has 0 heterocycles. The molecule has 0 aliphatic heterocycles. The molecule has 4 N–H and O–H groups in total. The number of para-hydroxylation sites is 1. The third kappa shape index (κ3) is 3.90. The molecular weight excluding hydrogens is 204 g/mol. The van der Waals surface area contributed by atoms with Crippen molar-refractivity contribution >= 4 is 5.91 Å². The van der Waals surface area contributed by atoms with Crippen LogP contribution in [-0.2, 0) is 11.3 Å². The van der Waals surface area contributed by atoms with Crippen LogP contribution in [0, 0.1) is 0 Å². The predicted octanol–water partition coefficient (Wildman–Crippen LogP) is 1.14. The highest BCUT2D eigenvalue weighted by Gasteiger charge is 2.19. The smallest absolute Gasteiger partial charge is 0.219 e. The van der Waals surface area contributed by atoms with Gasteiger partial charge in [-0.2, -0.15) is 0 Å². The monoisotopic (exact) mass is 222 g/mol. The van der Waals surface area contributed by atoms with Crippen molar-refractivity contribution in [1.29, 1.82) is 0 Å². The zero-order chi connectivity index (χ0) is 12.2. The van der Waals surface area contributed by atoms with Crippen LogP contribution in [0.25, 0.3) is 0 Å². The lowest BCUT2D eigenvalue weighted by molar-refractivity contribution is -0.119. The van der Waals surface area contributed by atoms with Gasteiger partial charge in [-0.3, -0.25) is 4.79 Å². The van der Waals surface area contributed by atoms with Gasteiger partial charge in [0.2, 0.25) is 5.91 Å². The molecular formula is C12H18N2O2. The number of carbonyl (C=O) groups excluding carboxylic acids is 1. The molecule has 0 saturated heterocycles. The lowest BCUT2D eigenvalue weighted by Gasteiger charge is -2.25. The van der Waals surface area contributed by atoms with E-state index in [9.17, 15) is 9.90 Å². The van der Waals surface area contributed by atoms with E-state index in [1.54, 1.807) is 12.1 Å². The summed E-state index contributed by atoms with van der Waals surface area (Å²) in [6, 6.07) is 7.10. The average molecular weight is 222 g/mol. The van der Waals surface area contributed by atoms with E-state index >= 15 is 0 Å². The summed E-state index contributed by atoms with van der Waals surface area (Å²) in [4.78, 5) is 10.8. The molecule has 0 aliphatic rings. The molecule has 0 radical (unpaired) electrons. The largest absolute Gasteiger partial charge is 0.508 e. The van der Waals surface area contributed by atoms with E-state index in [1.807, 2.05) is 26.0 Å². The first-order valence-electron chi connectivity index (χ1n) is 5.21. The Balaban J connectivity index is 2.57. The molecule has 4 nitrogen and oxygen atoms in total. The summed E-state index contributed by atoms with van der Waals surface area (Å²) in [6.07, 6.45) is 0.264. The van der Waals surface area contributed by atoms with Crippen LogP contribution in [0.1, 0.15) is 25.8 Å². The summed E-state index contributed by atoms with van der Waals surface area (Å²) in [5.74, 6) is -0.0836. The summed E-state index contributed by atoms with van der Waals surface area (Å²) < 4.78 is 0. The molecule has 0 spiro atoms. The Morgan fingerprint density at radius 1 is 1.44 bits per heavy atom. The maximum absolute atomic E-state index is 10.8.